The number of hydrogen-bond acceptors (Lipinski definition) is 3. The number of rotatable bonds is 4. The van der Waals surface area contributed by atoms with Gasteiger partial charge in [0.1, 0.15) is 0 Å². The molecule has 126 valence electrons. The van der Waals surface area contributed by atoms with Crippen molar-refractivity contribution in [3.63, 3.8) is 0 Å². The van der Waals surface area contributed by atoms with Crippen LogP contribution in [0.2, 0.25) is 0 Å². The fourth-order valence-electron chi connectivity index (χ4n) is 3.81. The van der Waals surface area contributed by atoms with Gasteiger partial charge in [-0.15, -0.1) is 0 Å². The van der Waals surface area contributed by atoms with Gasteiger partial charge >= 0.3 is 0 Å². The van der Waals surface area contributed by atoms with E-state index in [1.54, 1.807) is 0 Å². The highest BCUT2D eigenvalue weighted by Gasteiger charge is 2.44. The molecular formula is C19H28N2O2. The van der Waals surface area contributed by atoms with Crippen molar-refractivity contribution >= 4 is 11.6 Å². The van der Waals surface area contributed by atoms with Gasteiger partial charge in [-0.05, 0) is 69.3 Å². The van der Waals surface area contributed by atoms with Gasteiger partial charge in [0, 0.05) is 12.2 Å². The number of aliphatic hydroxyl groups is 1. The Kier molecular flexibility index (Phi) is 4.47. The van der Waals surface area contributed by atoms with E-state index in [-0.39, 0.29) is 5.91 Å². The lowest BCUT2D eigenvalue weighted by Gasteiger charge is -2.28. The number of carbonyl (C=O) groups is 1. The Morgan fingerprint density at radius 2 is 2.22 bits per heavy atom. The average molecular weight is 316 g/mol. The summed E-state index contributed by atoms with van der Waals surface area (Å²) in [4.78, 5) is 14.9. The fraction of sp³-hybridized carbons (Fsp3) is 0.632. The van der Waals surface area contributed by atoms with Crippen molar-refractivity contribution in [1.82, 2.24) is 5.32 Å². The first kappa shape index (κ1) is 16.5. The van der Waals surface area contributed by atoms with Crippen molar-refractivity contribution in [3.8, 4) is 0 Å². The lowest BCUT2D eigenvalue weighted by molar-refractivity contribution is -0.122. The Hall–Kier alpha value is -1.39. The summed E-state index contributed by atoms with van der Waals surface area (Å²) in [5, 5.41) is 13.5. The lowest BCUT2D eigenvalue weighted by atomic mass is 9.85. The molecule has 2 heterocycles. The van der Waals surface area contributed by atoms with Gasteiger partial charge in [-0.2, -0.15) is 0 Å². The van der Waals surface area contributed by atoms with Gasteiger partial charge in [0.05, 0.1) is 11.5 Å². The number of fused-ring (bicyclic) bond motifs is 1. The van der Waals surface area contributed by atoms with Crippen LogP contribution in [0.3, 0.4) is 0 Å². The van der Waals surface area contributed by atoms with Crippen molar-refractivity contribution in [3.05, 3.63) is 29.3 Å². The van der Waals surface area contributed by atoms with Crippen LogP contribution in [0.5, 0.6) is 0 Å². The molecule has 0 radical (unpaired) electrons. The zero-order chi connectivity index (χ0) is 16.6. The van der Waals surface area contributed by atoms with Crippen LogP contribution >= 0.6 is 0 Å². The van der Waals surface area contributed by atoms with Crippen molar-refractivity contribution in [1.29, 1.82) is 0 Å². The molecule has 0 spiro atoms. The third-order valence-electron chi connectivity index (χ3n) is 5.38. The van der Waals surface area contributed by atoms with Crippen molar-refractivity contribution in [2.45, 2.75) is 51.6 Å². The summed E-state index contributed by atoms with van der Waals surface area (Å²) in [6.45, 7) is 8.83. The smallest absolute Gasteiger partial charge is 0.237 e. The maximum atomic E-state index is 13.0. The maximum absolute atomic E-state index is 13.0. The number of anilines is 1. The summed E-state index contributed by atoms with van der Waals surface area (Å²) in [6, 6.07) is 6.01. The monoisotopic (exact) mass is 316 g/mol. The summed E-state index contributed by atoms with van der Waals surface area (Å²) in [5.41, 5.74) is 2.48. The second kappa shape index (κ2) is 6.25. The summed E-state index contributed by atoms with van der Waals surface area (Å²) in [5.74, 6) is 0.705. The van der Waals surface area contributed by atoms with E-state index in [0.717, 1.165) is 36.4 Å². The number of nitrogens with zero attached hydrogens (tertiary/aromatic N) is 1. The molecule has 1 aromatic carbocycles. The van der Waals surface area contributed by atoms with Crippen LogP contribution in [-0.2, 0) is 10.2 Å². The highest BCUT2D eigenvalue weighted by Crippen LogP contribution is 2.43. The number of aliphatic hydroxyl groups excluding tert-OH is 1. The first-order chi connectivity index (χ1) is 10.9. The van der Waals surface area contributed by atoms with E-state index in [1.165, 1.54) is 12.8 Å². The van der Waals surface area contributed by atoms with Crippen molar-refractivity contribution < 1.29 is 9.90 Å². The molecule has 1 aromatic rings. The summed E-state index contributed by atoms with van der Waals surface area (Å²) in [6.07, 6.45) is 2.59. The third-order valence-corrected chi connectivity index (χ3v) is 5.38. The van der Waals surface area contributed by atoms with Crippen LogP contribution in [0.1, 0.15) is 57.3 Å². The normalized spacial score (nSPS) is 24.6. The first-order valence-corrected chi connectivity index (χ1v) is 8.80. The first-order valence-electron chi connectivity index (χ1n) is 8.80. The van der Waals surface area contributed by atoms with Gasteiger partial charge in [-0.1, -0.05) is 19.1 Å². The molecule has 0 aliphatic carbocycles. The largest absolute Gasteiger partial charge is 0.388 e. The van der Waals surface area contributed by atoms with Crippen LogP contribution in [0, 0.1) is 5.92 Å². The molecule has 4 nitrogen and oxygen atoms in total. The van der Waals surface area contributed by atoms with E-state index in [9.17, 15) is 9.90 Å². The molecule has 2 unspecified atom stereocenters. The van der Waals surface area contributed by atoms with E-state index < -0.39 is 11.5 Å². The Morgan fingerprint density at radius 3 is 2.87 bits per heavy atom. The quantitative estimate of drug-likeness (QED) is 0.898. The molecule has 0 aromatic heterocycles. The van der Waals surface area contributed by atoms with Gasteiger partial charge in [0.25, 0.3) is 0 Å². The summed E-state index contributed by atoms with van der Waals surface area (Å²) in [7, 11) is 0. The molecule has 1 fully saturated rings. The van der Waals surface area contributed by atoms with Crippen LogP contribution in [0.15, 0.2) is 18.2 Å². The van der Waals surface area contributed by atoms with E-state index >= 15 is 0 Å². The predicted octanol–water partition coefficient (Wildman–Crippen LogP) is 2.75. The number of amides is 1. The molecule has 0 saturated carbocycles. The Labute approximate surface area is 138 Å². The van der Waals surface area contributed by atoms with Crippen LogP contribution in [-0.4, -0.2) is 30.6 Å². The standard InChI is InChI=1S/C19H28N2O2/c1-4-17(22)14-7-8-16-15(10-14)19(2,3)18(23)21(16)12-13-6-5-9-20-11-13/h7-8,10,13,17,20,22H,4-6,9,11-12H2,1-3H3. The number of piperidine rings is 1. The second-order valence-electron chi connectivity index (χ2n) is 7.45. The van der Waals surface area contributed by atoms with Gasteiger partial charge < -0.3 is 15.3 Å². The minimum absolute atomic E-state index is 0.182. The SMILES string of the molecule is CCC(O)c1ccc2c(c1)C(C)(C)C(=O)N2CC1CCCNC1. The molecule has 23 heavy (non-hydrogen) atoms. The van der Waals surface area contributed by atoms with Gasteiger partial charge in [0.15, 0.2) is 0 Å². The molecule has 1 amide bonds. The molecule has 4 heteroatoms. The van der Waals surface area contributed by atoms with Crippen LogP contribution < -0.4 is 10.2 Å². The highest BCUT2D eigenvalue weighted by molar-refractivity contribution is 6.07. The predicted molar refractivity (Wildman–Crippen MR) is 92.7 cm³/mol. The molecule has 2 atom stereocenters. The molecule has 0 bridgehead atoms. The summed E-state index contributed by atoms with van der Waals surface area (Å²) < 4.78 is 0. The number of carbonyl (C=O) groups excluding carboxylic acids is 1. The van der Waals surface area contributed by atoms with Crippen LogP contribution in [0.25, 0.3) is 0 Å². The number of hydrogen-bond donors (Lipinski definition) is 2. The minimum Gasteiger partial charge on any atom is -0.388 e. The van der Waals surface area contributed by atoms with Gasteiger partial charge in [-0.3, -0.25) is 4.79 Å². The van der Waals surface area contributed by atoms with Gasteiger partial charge in [0.2, 0.25) is 5.91 Å². The van der Waals surface area contributed by atoms with Gasteiger partial charge in [-0.25, -0.2) is 0 Å². The third kappa shape index (κ3) is 2.90. The zero-order valence-corrected chi connectivity index (χ0v) is 14.4. The molecule has 2 aliphatic heterocycles. The van der Waals surface area contributed by atoms with E-state index in [4.69, 9.17) is 0 Å². The molecule has 1 saturated heterocycles. The fourth-order valence-corrected chi connectivity index (χ4v) is 3.81. The highest BCUT2D eigenvalue weighted by atomic mass is 16.3. The summed E-state index contributed by atoms with van der Waals surface area (Å²) >= 11 is 0. The second-order valence-corrected chi connectivity index (χ2v) is 7.45. The Bertz CT molecular complexity index is 591. The van der Waals surface area contributed by atoms with E-state index in [0.29, 0.717) is 12.3 Å². The van der Waals surface area contributed by atoms with Crippen molar-refractivity contribution in [2.75, 3.05) is 24.5 Å². The molecule has 3 rings (SSSR count). The van der Waals surface area contributed by atoms with Crippen LogP contribution in [0.4, 0.5) is 5.69 Å². The van der Waals surface area contributed by atoms with E-state index in [2.05, 4.69) is 5.32 Å². The lowest BCUT2D eigenvalue weighted by Crippen LogP contribution is -2.42. The van der Waals surface area contributed by atoms with E-state index in [1.807, 2.05) is 43.9 Å². The molecule has 2 aliphatic rings. The molecular weight excluding hydrogens is 288 g/mol. The Morgan fingerprint density at radius 1 is 1.43 bits per heavy atom. The maximum Gasteiger partial charge on any atom is 0.237 e. The van der Waals surface area contributed by atoms with Crippen molar-refractivity contribution in [2.24, 2.45) is 5.92 Å². The minimum atomic E-state index is -0.513. The topological polar surface area (TPSA) is 52.6 Å². The molecule has 2 N–H and O–H groups in total. The average Bonchev–Trinajstić information content (AvgIpc) is 2.76. The number of nitrogens with one attached hydrogen (secondary N) is 1. The Balaban J connectivity index is 1.91. The number of benzene rings is 1. The zero-order valence-electron chi connectivity index (χ0n) is 14.4.